The van der Waals surface area contributed by atoms with Gasteiger partial charge in [0.25, 0.3) is 0 Å². The third-order valence-electron chi connectivity index (χ3n) is 2.27. The maximum atomic E-state index is 8.69. The maximum absolute atomic E-state index is 8.69. The molecule has 0 radical (unpaired) electrons. The molecule has 0 rings (SSSR count). The van der Waals surface area contributed by atoms with Crippen molar-refractivity contribution in [1.29, 1.82) is 0 Å². The molecule has 0 bridgehead atoms. The first kappa shape index (κ1) is 12.9. The molecule has 0 aromatic carbocycles. The van der Waals surface area contributed by atoms with Gasteiger partial charge in [0.1, 0.15) is 0 Å². The Morgan fingerprint density at radius 2 is 1.54 bits per heavy atom. The average molecular weight is 189 g/mol. The highest BCUT2D eigenvalue weighted by Gasteiger charge is 2.09. The number of rotatable bonds is 8. The maximum Gasteiger partial charge on any atom is 0.166 e. The van der Waals surface area contributed by atoms with Crippen LogP contribution in [0.4, 0.5) is 0 Å². The lowest BCUT2D eigenvalue weighted by Gasteiger charge is -2.12. The Balaban J connectivity index is 3.07. The first-order valence-electron chi connectivity index (χ1n) is 5.30. The first-order valence-corrected chi connectivity index (χ1v) is 5.30. The van der Waals surface area contributed by atoms with Gasteiger partial charge >= 0.3 is 0 Å². The third kappa shape index (κ3) is 8.22. The number of hydrogen-bond acceptors (Lipinski definition) is 3. The van der Waals surface area contributed by atoms with Crippen molar-refractivity contribution in [3.05, 3.63) is 0 Å². The first-order chi connectivity index (χ1) is 6.18. The standard InChI is InChI=1S/C10H23NO2/c1-2-3-4-5-6-7-8-9(11)10(12)13/h9-10,12-13H,2-8,11H2,1H3. The SMILES string of the molecule is CCCCCCCCC(N)C(O)O. The van der Waals surface area contributed by atoms with E-state index >= 15 is 0 Å². The van der Waals surface area contributed by atoms with Crippen molar-refractivity contribution in [2.75, 3.05) is 0 Å². The molecule has 80 valence electrons. The highest BCUT2D eigenvalue weighted by atomic mass is 16.5. The van der Waals surface area contributed by atoms with Gasteiger partial charge in [0.2, 0.25) is 0 Å². The Morgan fingerprint density at radius 3 is 2.08 bits per heavy atom. The minimum Gasteiger partial charge on any atom is -0.367 e. The van der Waals surface area contributed by atoms with E-state index in [1.54, 1.807) is 0 Å². The minimum atomic E-state index is -1.35. The molecule has 0 amide bonds. The zero-order valence-corrected chi connectivity index (χ0v) is 8.58. The van der Waals surface area contributed by atoms with Crippen LogP contribution in [0.25, 0.3) is 0 Å². The second-order valence-corrected chi connectivity index (χ2v) is 3.63. The summed E-state index contributed by atoms with van der Waals surface area (Å²) in [7, 11) is 0. The van der Waals surface area contributed by atoms with Crippen LogP contribution in [-0.4, -0.2) is 22.5 Å². The molecule has 0 aromatic heterocycles. The Morgan fingerprint density at radius 1 is 1.00 bits per heavy atom. The molecule has 0 aromatic rings. The van der Waals surface area contributed by atoms with Gasteiger partial charge < -0.3 is 15.9 Å². The molecular weight excluding hydrogens is 166 g/mol. The average Bonchev–Trinajstić information content (AvgIpc) is 2.10. The summed E-state index contributed by atoms with van der Waals surface area (Å²) in [5.41, 5.74) is 5.46. The number of aliphatic hydroxyl groups excluding tert-OH is 1. The minimum absolute atomic E-state index is 0.467. The van der Waals surface area contributed by atoms with Crippen molar-refractivity contribution in [3.8, 4) is 0 Å². The van der Waals surface area contributed by atoms with Gasteiger partial charge in [-0.1, -0.05) is 45.4 Å². The fraction of sp³-hybridized carbons (Fsp3) is 1.00. The summed E-state index contributed by atoms with van der Waals surface area (Å²) in [5, 5.41) is 17.4. The number of hydrogen-bond donors (Lipinski definition) is 3. The normalized spacial score (nSPS) is 13.6. The van der Waals surface area contributed by atoms with E-state index in [1.165, 1.54) is 25.7 Å². The van der Waals surface area contributed by atoms with Crippen LogP contribution >= 0.6 is 0 Å². The predicted molar refractivity (Wildman–Crippen MR) is 54.2 cm³/mol. The number of unbranched alkanes of at least 4 members (excludes halogenated alkanes) is 5. The van der Waals surface area contributed by atoms with Crippen molar-refractivity contribution in [2.45, 2.75) is 64.2 Å². The Labute approximate surface area is 81.0 Å². The molecule has 0 saturated carbocycles. The molecule has 4 N–H and O–H groups in total. The van der Waals surface area contributed by atoms with Crippen LogP contribution in [0, 0.1) is 0 Å². The van der Waals surface area contributed by atoms with E-state index in [4.69, 9.17) is 15.9 Å². The molecule has 0 aliphatic heterocycles. The van der Waals surface area contributed by atoms with E-state index in [0.29, 0.717) is 6.42 Å². The molecule has 1 unspecified atom stereocenters. The fourth-order valence-corrected chi connectivity index (χ4v) is 1.31. The van der Waals surface area contributed by atoms with Gasteiger partial charge in [0.15, 0.2) is 6.29 Å². The van der Waals surface area contributed by atoms with Gasteiger partial charge in [0, 0.05) is 0 Å². The van der Waals surface area contributed by atoms with Crippen LogP contribution in [0.1, 0.15) is 51.9 Å². The van der Waals surface area contributed by atoms with E-state index in [0.717, 1.165) is 12.8 Å². The molecular formula is C10H23NO2. The second kappa shape index (κ2) is 8.48. The molecule has 0 saturated heterocycles. The molecule has 0 heterocycles. The summed E-state index contributed by atoms with van der Waals surface area (Å²) in [5.74, 6) is 0. The Hall–Kier alpha value is -0.120. The van der Waals surface area contributed by atoms with E-state index in [2.05, 4.69) is 6.92 Å². The van der Waals surface area contributed by atoms with Crippen LogP contribution in [0.5, 0.6) is 0 Å². The Kier molecular flexibility index (Phi) is 8.40. The smallest absolute Gasteiger partial charge is 0.166 e. The lowest BCUT2D eigenvalue weighted by atomic mass is 10.1. The molecule has 0 fully saturated rings. The van der Waals surface area contributed by atoms with Crippen LogP contribution in [0.2, 0.25) is 0 Å². The Bertz CT molecular complexity index is 107. The molecule has 3 heteroatoms. The fourth-order valence-electron chi connectivity index (χ4n) is 1.31. The van der Waals surface area contributed by atoms with E-state index in [1.807, 2.05) is 0 Å². The van der Waals surface area contributed by atoms with E-state index in [-0.39, 0.29) is 0 Å². The third-order valence-corrected chi connectivity index (χ3v) is 2.27. The number of nitrogens with two attached hydrogens (primary N) is 1. The molecule has 0 spiro atoms. The van der Waals surface area contributed by atoms with Gasteiger partial charge in [-0.15, -0.1) is 0 Å². The number of aliphatic hydroxyl groups is 2. The largest absolute Gasteiger partial charge is 0.367 e. The van der Waals surface area contributed by atoms with Crippen molar-refractivity contribution in [1.82, 2.24) is 0 Å². The van der Waals surface area contributed by atoms with Gasteiger partial charge in [-0.2, -0.15) is 0 Å². The van der Waals surface area contributed by atoms with E-state index in [9.17, 15) is 0 Å². The molecule has 1 atom stereocenters. The zero-order chi connectivity index (χ0) is 10.1. The van der Waals surface area contributed by atoms with E-state index < -0.39 is 12.3 Å². The van der Waals surface area contributed by atoms with Gasteiger partial charge in [-0.3, -0.25) is 0 Å². The topological polar surface area (TPSA) is 66.5 Å². The lowest BCUT2D eigenvalue weighted by molar-refractivity contribution is -0.0599. The summed E-state index contributed by atoms with van der Waals surface area (Å²) in [6.45, 7) is 2.19. The van der Waals surface area contributed by atoms with Crippen LogP contribution in [0.15, 0.2) is 0 Å². The van der Waals surface area contributed by atoms with Crippen molar-refractivity contribution < 1.29 is 10.2 Å². The summed E-state index contributed by atoms with van der Waals surface area (Å²) in [6.07, 6.45) is 6.60. The second-order valence-electron chi connectivity index (χ2n) is 3.63. The van der Waals surface area contributed by atoms with Gasteiger partial charge in [-0.05, 0) is 6.42 Å². The lowest BCUT2D eigenvalue weighted by Crippen LogP contribution is -2.34. The molecule has 0 aliphatic rings. The van der Waals surface area contributed by atoms with Crippen molar-refractivity contribution >= 4 is 0 Å². The van der Waals surface area contributed by atoms with Crippen molar-refractivity contribution in [3.63, 3.8) is 0 Å². The highest BCUT2D eigenvalue weighted by Crippen LogP contribution is 2.08. The van der Waals surface area contributed by atoms with Crippen LogP contribution in [-0.2, 0) is 0 Å². The van der Waals surface area contributed by atoms with Gasteiger partial charge in [0.05, 0.1) is 6.04 Å². The summed E-state index contributed by atoms with van der Waals surface area (Å²) in [4.78, 5) is 0. The summed E-state index contributed by atoms with van der Waals surface area (Å²) in [6, 6.07) is -0.467. The van der Waals surface area contributed by atoms with Crippen molar-refractivity contribution in [2.24, 2.45) is 5.73 Å². The van der Waals surface area contributed by atoms with Crippen LogP contribution in [0.3, 0.4) is 0 Å². The quantitative estimate of drug-likeness (QED) is 0.399. The molecule has 0 aliphatic carbocycles. The van der Waals surface area contributed by atoms with Gasteiger partial charge in [-0.25, -0.2) is 0 Å². The predicted octanol–water partition coefficient (Wildman–Crippen LogP) is 1.37. The zero-order valence-electron chi connectivity index (χ0n) is 8.58. The highest BCUT2D eigenvalue weighted by molar-refractivity contribution is 4.62. The molecule has 3 nitrogen and oxygen atoms in total. The molecule has 13 heavy (non-hydrogen) atoms. The summed E-state index contributed by atoms with van der Waals surface area (Å²) >= 11 is 0. The summed E-state index contributed by atoms with van der Waals surface area (Å²) < 4.78 is 0. The monoisotopic (exact) mass is 189 g/mol. The van der Waals surface area contributed by atoms with Crippen LogP contribution < -0.4 is 5.73 Å².